The van der Waals surface area contributed by atoms with Crippen molar-refractivity contribution in [2.75, 3.05) is 18.8 Å². The van der Waals surface area contributed by atoms with Gasteiger partial charge in [0.05, 0.1) is 5.60 Å². The molecule has 2 N–H and O–H groups in total. The van der Waals surface area contributed by atoms with E-state index in [0.29, 0.717) is 12.5 Å². The van der Waals surface area contributed by atoms with Crippen LogP contribution >= 0.6 is 11.8 Å². The summed E-state index contributed by atoms with van der Waals surface area (Å²) >= 11 is 1.84. The molecular formula is C15H25NOS. The van der Waals surface area contributed by atoms with Crippen LogP contribution in [0.15, 0.2) is 35.2 Å². The molecule has 0 amide bonds. The molecule has 1 atom stereocenters. The summed E-state index contributed by atoms with van der Waals surface area (Å²) in [6.45, 7) is 7.78. The predicted molar refractivity (Wildman–Crippen MR) is 80.1 cm³/mol. The van der Waals surface area contributed by atoms with Crippen molar-refractivity contribution in [3.8, 4) is 0 Å². The van der Waals surface area contributed by atoms with Crippen molar-refractivity contribution in [2.24, 2.45) is 5.92 Å². The van der Waals surface area contributed by atoms with Crippen LogP contribution in [0.1, 0.15) is 27.2 Å². The van der Waals surface area contributed by atoms with Crippen LogP contribution in [0.5, 0.6) is 0 Å². The van der Waals surface area contributed by atoms with Gasteiger partial charge in [0.15, 0.2) is 0 Å². The van der Waals surface area contributed by atoms with Crippen molar-refractivity contribution >= 4 is 11.8 Å². The molecule has 0 aliphatic heterocycles. The summed E-state index contributed by atoms with van der Waals surface area (Å²) in [6, 6.07) is 10.4. The van der Waals surface area contributed by atoms with Crippen molar-refractivity contribution in [2.45, 2.75) is 37.7 Å². The number of hydrogen-bond acceptors (Lipinski definition) is 3. The van der Waals surface area contributed by atoms with E-state index in [1.165, 1.54) is 4.90 Å². The molecule has 0 saturated heterocycles. The molecule has 0 radical (unpaired) electrons. The van der Waals surface area contributed by atoms with Gasteiger partial charge in [-0.25, -0.2) is 0 Å². The second kappa shape index (κ2) is 7.82. The Morgan fingerprint density at radius 3 is 2.56 bits per heavy atom. The Bertz CT molecular complexity index is 325. The Morgan fingerprint density at radius 2 is 1.94 bits per heavy atom. The third kappa shape index (κ3) is 7.04. The van der Waals surface area contributed by atoms with E-state index in [9.17, 15) is 5.11 Å². The normalized spacial score (nSPS) is 14.7. The van der Waals surface area contributed by atoms with Crippen LogP contribution in [0, 0.1) is 5.92 Å². The van der Waals surface area contributed by atoms with Crippen molar-refractivity contribution in [3.05, 3.63) is 30.3 Å². The number of hydrogen-bond donors (Lipinski definition) is 2. The minimum Gasteiger partial charge on any atom is -0.389 e. The monoisotopic (exact) mass is 267 g/mol. The first-order chi connectivity index (χ1) is 8.49. The third-order valence-corrected chi connectivity index (χ3v) is 3.66. The van der Waals surface area contributed by atoms with Gasteiger partial charge < -0.3 is 10.4 Å². The van der Waals surface area contributed by atoms with Gasteiger partial charge in [0.25, 0.3) is 0 Å². The van der Waals surface area contributed by atoms with Crippen LogP contribution in [-0.2, 0) is 0 Å². The second-order valence-corrected chi connectivity index (χ2v) is 6.60. The maximum absolute atomic E-state index is 10.1. The first-order valence-corrected chi connectivity index (χ1v) is 7.59. The SMILES string of the molecule is CC(C)CC(C)(O)CNCCSc1ccccc1. The molecule has 0 aromatic heterocycles. The van der Waals surface area contributed by atoms with Crippen LogP contribution in [0.25, 0.3) is 0 Å². The van der Waals surface area contributed by atoms with E-state index >= 15 is 0 Å². The molecule has 3 heteroatoms. The van der Waals surface area contributed by atoms with E-state index in [2.05, 4.69) is 43.4 Å². The van der Waals surface area contributed by atoms with Crippen molar-refractivity contribution in [1.29, 1.82) is 0 Å². The number of aliphatic hydroxyl groups is 1. The Hall–Kier alpha value is -0.510. The first-order valence-electron chi connectivity index (χ1n) is 6.60. The lowest BCUT2D eigenvalue weighted by molar-refractivity contribution is 0.0392. The summed E-state index contributed by atoms with van der Waals surface area (Å²) in [4.78, 5) is 1.30. The topological polar surface area (TPSA) is 32.3 Å². The Kier molecular flexibility index (Phi) is 6.76. The fourth-order valence-corrected chi connectivity index (χ4v) is 2.90. The van der Waals surface area contributed by atoms with Gasteiger partial charge in [-0.3, -0.25) is 0 Å². The lowest BCUT2D eigenvalue weighted by Crippen LogP contribution is -2.39. The molecule has 2 nitrogen and oxygen atoms in total. The molecule has 18 heavy (non-hydrogen) atoms. The molecule has 0 spiro atoms. The van der Waals surface area contributed by atoms with Crippen LogP contribution < -0.4 is 5.32 Å². The molecule has 1 aromatic rings. The average Bonchev–Trinajstić information content (AvgIpc) is 2.28. The quantitative estimate of drug-likeness (QED) is 0.560. The summed E-state index contributed by atoms with van der Waals surface area (Å²) in [5.41, 5.74) is -0.592. The lowest BCUT2D eigenvalue weighted by Gasteiger charge is -2.25. The molecule has 1 unspecified atom stereocenters. The fourth-order valence-electron chi connectivity index (χ4n) is 2.07. The Labute approximate surface area is 115 Å². The maximum Gasteiger partial charge on any atom is 0.0746 e. The molecule has 1 rings (SSSR count). The van der Waals surface area contributed by atoms with Crippen LogP contribution in [0.2, 0.25) is 0 Å². The summed E-state index contributed by atoms with van der Waals surface area (Å²) in [6.07, 6.45) is 0.839. The second-order valence-electron chi connectivity index (χ2n) is 5.43. The first kappa shape index (κ1) is 15.5. The van der Waals surface area contributed by atoms with Gasteiger partial charge in [0.1, 0.15) is 0 Å². The van der Waals surface area contributed by atoms with Crippen molar-refractivity contribution in [1.82, 2.24) is 5.32 Å². The van der Waals surface area contributed by atoms with E-state index in [-0.39, 0.29) is 0 Å². The van der Waals surface area contributed by atoms with Gasteiger partial charge in [-0.05, 0) is 31.4 Å². The van der Waals surface area contributed by atoms with Crippen molar-refractivity contribution in [3.63, 3.8) is 0 Å². The maximum atomic E-state index is 10.1. The largest absolute Gasteiger partial charge is 0.389 e. The number of rotatable bonds is 8. The van der Waals surface area contributed by atoms with E-state index in [0.717, 1.165) is 18.7 Å². The van der Waals surface area contributed by atoms with Gasteiger partial charge in [0.2, 0.25) is 0 Å². The van der Waals surface area contributed by atoms with E-state index in [1.807, 2.05) is 24.8 Å². The summed E-state index contributed by atoms with van der Waals surface area (Å²) in [7, 11) is 0. The van der Waals surface area contributed by atoms with Crippen molar-refractivity contribution < 1.29 is 5.11 Å². The highest BCUT2D eigenvalue weighted by molar-refractivity contribution is 7.99. The highest BCUT2D eigenvalue weighted by Crippen LogP contribution is 2.17. The summed E-state index contributed by atoms with van der Waals surface area (Å²) < 4.78 is 0. The molecule has 0 bridgehead atoms. The smallest absolute Gasteiger partial charge is 0.0746 e. The molecule has 0 fully saturated rings. The molecule has 1 aromatic carbocycles. The lowest BCUT2D eigenvalue weighted by atomic mass is 9.94. The molecular weight excluding hydrogens is 242 g/mol. The van der Waals surface area contributed by atoms with Gasteiger partial charge in [-0.15, -0.1) is 11.8 Å². The molecule has 102 valence electrons. The van der Waals surface area contributed by atoms with Gasteiger partial charge in [0, 0.05) is 23.7 Å². The fraction of sp³-hybridized carbons (Fsp3) is 0.600. The highest BCUT2D eigenvalue weighted by atomic mass is 32.2. The van der Waals surface area contributed by atoms with E-state index in [4.69, 9.17) is 0 Å². The molecule has 0 heterocycles. The Morgan fingerprint density at radius 1 is 1.28 bits per heavy atom. The van der Waals surface area contributed by atoms with Crippen LogP contribution in [0.3, 0.4) is 0 Å². The average molecular weight is 267 g/mol. The predicted octanol–water partition coefficient (Wildman–Crippen LogP) is 3.17. The van der Waals surface area contributed by atoms with Crippen LogP contribution in [-0.4, -0.2) is 29.5 Å². The van der Waals surface area contributed by atoms with Gasteiger partial charge in [-0.1, -0.05) is 32.0 Å². The standard InChI is InChI=1S/C15H25NOS/c1-13(2)11-15(3,17)12-16-9-10-18-14-7-5-4-6-8-14/h4-8,13,16-17H,9-12H2,1-3H3. The minimum absolute atomic E-state index is 0.528. The number of nitrogens with one attached hydrogen (secondary N) is 1. The Balaban J connectivity index is 2.12. The minimum atomic E-state index is -0.592. The highest BCUT2D eigenvalue weighted by Gasteiger charge is 2.20. The summed E-state index contributed by atoms with van der Waals surface area (Å²) in [5.74, 6) is 1.56. The zero-order valence-electron chi connectivity index (χ0n) is 11.6. The van der Waals surface area contributed by atoms with E-state index < -0.39 is 5.60 Å². The van der Waals surface area contributed by atoms with Gasteiger partial charge >= 0.3 is 0 Å². The molecule has 0 aliphatic carbocycles. The third-order valence-electron chi connectivity index (χ3n) is 2.64. The zero-order chi connectivity index (χ0) is 13.4. The molecule has 0 saturated carbocycles. The van der Waals surface area contributed by atoms with E-state index in [1.54, 1.807) is 0 Å². The van der Waals surface area contributed by atoms with Gasteiger partial charge in [-0.2, -0.15) is 0 Å². The zero-order valence-corrected chi connectivity index (χ0v) is 12.5. The number of benzene rings is 1. The summed E-state index contributed by atoms with van der Waals surface area (Å²) in [5, 5.41) is 13.5. The molecule has 0 aliphatic rings. The van der Waals surface area contributed by atoms with Crippen LogP contribution in [0.4, 0.5) is 0 Å². The number of thioether (sulfide) groups is 1.